The Kier molecular flexibility index (Phi) is 4.54. The van der Waals surface area contributed by atoms with Gasteiger partial charge in [0.05, 0.1) is 5.69 Å². The van der Waals surface area contributed by atoms with Gasteiger partial charge in [-0.2, -0.15) is 5.10 Å². The molecule has 0 unspecified atom stereocenters. The molecule has 0 saturated carbocycles. The molecule has 0 radical (unpaired) electrons. The first-order valence-corrected chi connectivity index (χ1v) is 6.91. The molecule has 1 amide bonds. The van der Waals surface area contributed by atoms with E-state index in [1.807, 2.05) is 24.3 Å². The van der Waals surface area contributed by atoms with Crippen LogP contribution in [-0.2, 0) is 13.5 Å². The van der Waals surface area contributed by atoms with E-state index in [9.17, 15) is 4.79 Å². The van der Waals surface area contributed by atoms with Crippen LogP contribution in [-0.4, -0.2) is 20.8 Å². The van der Waals surface area contributed by atoms with E-state index >= 15 is 0 Å². The molecule has 0 aliphatic carbocycles. The lowest BCUT2D eigenvalue weighted by molar-refractivity contribution is 0.0995. The Labute approximate surface area is 128 Å². The zero-order chi connectivity index (χ0) is 15.4. The number of nitrogens with zero attached hydrogens (tertiary/aromatic N) is 2. The molecule has 0 aliphatic rings. The average molecular weight is 303 g/mol. The Morgan fingerprint density at radius 1 is 1.33 bits per heavy atom. The van der Waals surface area contributed by atoms with Crippen molar-refractivity contribution in [3.8, 4) is 0 Å². The highest BCUT2D eigenvalue weighted by Gasteiger charge is 2.14. The molecule has 0 fully saturated rings. The van der Waals surface area contributed by atoms with E-state index in [1.54, 1.807) is 13.2 Å². The molecule has 0 bridgehead atoms. The van der Waals surface area contributed by atoms with Gasteiger partial charge < -0.3 is 16.4 Å². The lowest BCUT2D eigenvalue weighted by atomic mass is 10.1. The van der Waals surface area contributed by atoms with Crippen molar-refractivity contribution < 1.29 is 4.79 Å². The van der Waals surface area contributed by atoms with Gasteiger partial charge in [0.25, 0.3) is 5.91 Å². The van der Waals surface area contributed by atoms with Gasteiger partial charge in [-0.15, -0.1) is 0 Å². The maximum Gasteiger partial charge on any atom is 0.271 e. The summed E-state index contributed by atoms with van der Waals surface area (Å²) < 4.78 is 1.50. The highest BCUT2D eigenvalue weighted by molar-refractivity contribution is 7.80. The van der Waals surface area contributed by atoms with Crippen LogP contribution in [0, 0.1) is 0 Å². The molecule has 4 N–H and O–H groups in total. The Bertz CT molecular complexity index is 680. The number of primary amides is 1. The van der Waals surface area contributed by atoms with Crippen molar-refractivity contribution in [1.29, 1.82) is 0 Å². The maximum atomic E-state index is 11.3. The molecule has 6 nitrogen and oxygen atoms in total. The molecule has 2 aromatic rings. The Balaban J connectivity index is 2.14. The minimum absolute atomic E-state index is 0.158. The molecule has 0 atom stereocenters. The predicted octanol–water partition coefficient (Wildman–Crippen LogP) is 1.89. The van der Waals surface area contributed by atoms with E-state index in [4.69, 9.17) is 18.0 Å². The fraction of sp³-hybridized carbons (Fsp3) is 0.214. The van der Waals surface area contributed by atoms with Gasteiger partial charge in [0.15, 0.2) is 10.8 Å². The zero-order valence-electron chi connectivity index (χ0n) is 11.9. The van der Waals surface area contributed by atoms with Gasteiger partial charge in [-0.25, -0.2) is 0 Å². The number of amides is 1. The minimum atomic E-state index is -0.602. The summed E-state index contributed by atoms with van der Waals surface area (Å²) in [6.07, 6.45) is 2.55. The van der Waals surface area contributed by atoms with Crippen LogP contribution < -0.4 is 16.4 Å². The highest BCUT2D eigenvalue weighted by atomic mass is 32.1. The van der Waals surface area contributed by atoms with Crippen molar-refractivity contribution in [2.24, 2.45) is 12.8 Å². The van der Waals surface area contributed by atoms with E-state index in [2.05, 4.69) is 22.7 Å². The lowest BCUT2D eigenvalue weighted by Crippen LogP contribution is -2.22. The monoisotopic (exact) mass is 303 g/mol. The van der Waals surface area contributed by atoms with Crippen LogP contribution in [0.3, 0.4) is 0 Å². The van der Waals surface area contributed by atoms with Crippen molar-refractivity contribution in [2.75, 3.05) is 10.6 Å². The number of rotatable bonds is 4. The van der Waals surface area contributed by atoms with Crippen molar-refractivity contribution in [3.63, 3.8) is 0 Å². The second-order valence-electron chi connectivity index (χ2n) is 4.52. The third kappa shape index (κ3) is 3.57. The number of carbonyl (C=O) groups excluding carboxylic acids is 1. The van der Waals surface area contributed by atoms with E-state index in [1.165, 1.54) is 4.68 Å². The number of thiocarbonyl (C=S) groups is 1. The van der Waals surface area contributed by atoms with Crippen molar-refractivity contribution in [2.45, 2.75) is 13.3 Å². The number of para-hydroxylation sites is 1. The number of aromatic nitrogens is 2. The summed E-state index contributed by atoms with van der Waals surface area (Å²) in [5.74, 6) is -0.602. The summed E-state index contributed by atoms with van der Waals surface area (Å²) in [6, 6.07) is 7.89. The molecule has 2 rings (SSSR count). The van der Waals surface area contributed by atoms with Crippen LogP contribution >= 0.6 is 12.2 Å². The third-order valence-corrected chi connectivity index (χ3v) is 3.16. The standard InChI is InChI=1S/C14H17N5OS/c1-3-9-6-4-5-7-10(9)16-14(21)17-11-8-19(2)18-12(11)13(15)20/h4-8H,3H2,1-2H3,(H2,15,20)(H2,16,17,21). The maximum absolute atomic E-state index is 11.3. The van der Waals surface area contributed by atoms with Crippen molar-refractivity contribution >= 4 is 34.6 Å². The quantitative estimate of drug-likeness (QED) is 0.751. The summed E-state index contributed by atoms with van der Waals surface area (Å²) in [5.41, 5.74) is 8.01. The molecule has 110 valence electrons. The smallest absolute Gasteiger partial charge is 0.271 e. The predicted molar refractivity (Wildman–Crippen MR) is 87.4 cm³/mol. The lowest BCUT2D eigenvalue weighted by Gasteiger charge is -2.12. The van der Waals surface area contributed by atoms with Crippen LogP contribution in [0.1, 0.15) is 23.0 Å². The molecule has 7 heteroatoms. The van der Waals surface area contributed by atoms with E-state index < -0.39 is 5.91 Å². The average Bonchev–Trinajstić information content (AvgIpc) is 2.80. The second kappa shape index (κ2) is 6.36. The van der Waals surface area contributed by atoms with Crippen LogP contribution in [0.5, 0.6) is 0 Å². The summed E-state index contributed by atoms with van der Waals surface area (Å²) in [6.45, 7) is 2.07. The number of nitrogens with two attached hydrogens (primary N) is 1. The molecule has 21 heavy (non-hydrogen) atoms. The summed E-state index contributed by atoms with van der Waals surface area (Å²) in [4.78, 5) is 11.3. The summed E-state index contributed by atoms with van der Waals surface area (Å²) >= 11 is 5.27. The van der Waals surface area contributed by atoms with Crippen LogP contribution in [0.2, 0.25) is 0 Å². The number of carbonyl (C=O) groups is 1. The van der Waals surface area contributed by atoms with Gasteiger partial charge >= 0.3 is 0 Å². The van der Waals surface area contributed by atoms with Crippen molar-refractivity contribution in [3.05, 3.63) is 41.7 Å². The fourth-order valence-electron chi connectivity index (χ4n) is 1.99. The highest BCUT2D eigenvalue weighted by Crippen LogP contribution is 2.17. The minimum Gasteiger partial charge on any atom is -0.364 e. The molecule has 1 heterocycles. The molecular weight excluding hydrogens is 286 g/mol. The Morgan fingerprint density at radius 3 is 2.67 bits per heavy atom. The van der Waals surface area contributed by atoms with Gasteiger partial charge in [-0.05, 0) is 30.3 Å². The number of benzene rings is 1. The van der Waals surface area contributed by atoms with Crippen LogP contribution in [0.25, 0.3) is 0 Å². The van der Waals surface area contributed by atoms with Crippen LogP contribution in [0.4, 0.5) is 11.4 Å². The molecular formula is C14H17N5OS. The van der Waals surface area contributed by atoms with Gasteiger partial charge in [0.2, 0.25) is 0 Å². The zero-order valence-corrected chi connectivity index (χ0v) is 12.7. The first-order valence-electron chi connectivity index (χ1n) is 6.50. The van der Waals surface area contributed by atoms with E-state index in [-0.39, 0.29) is 5.69 Å². The topological polar surface area (TPSA) is 85.0 Å². The van der Waals surface area contributed by atoms with Crippen LogP contribution in [0.15, 0.2) is 30.5 Å². The number of hydrogen-bond donors (Lipinski definition) is 3. The van der Waals surface area contributed by atoms with Gasteiger partial charge in [-0.3, -0.25) is 9.48 Å². The van der Waals surface area contributed by atoms with Gasteiger partial charge in [0.1, 0.15) is 0 Å². The molecule has 1 aromatic heterocycles. The molecule has 0 saturated heterocycles. The third-order valence-electron chi connectivity index (χ3n) is 2.96. The van der Waals surface area contributed by atoms with Gasteiger partial charge in [-0.1, -0.05) is 25.1 Å². The summed E-state index contributed by atoms with van der Waals surface area (Å²) in [5, 5.41) is 10.4. The SMILES string of the molecule is CCc1ccccc1NC(=S)Nc1cn(C)nc1C(N)=O. The van der Waals surface area contributed by atoms with E-state index in [0.29, 0.717) is 10.8 Å². The number of hydrogen-bond acceptors (Lipinski definition) is 3. The largest absolute Gasteiger partial charge is 0.364 e. The second-order valence-corrected chi connectivity index (χ2v) is 4.93. The van der Waals surface area contributed by atoms with Gasteiger partial charge in [0, 0.05) is 18.9 Å². The molecule has 0 spiro atoms. The normalized spacial score (nSPS) is 10.2. The Hall–Kier alpha value is -2.41. The Morgan fingerprint density at radius 2 is 2.00 bits per heavy atom. The summed E-state index contributed by atoms with van der Waals surface area (Å²) in [7, 11) is 1.71. The number of anilines is 2. The molecule has 0 aliphatic heterocycles. The van der Waals surface area contributed by atoms with E-state index in [0.717, 1.165) is 17.7 Å². The first-order chi connectivity index (χ1) is 10.0. The first kappa shape index (κ1) is 15.0. The molecule has 1 aromatic carbocycles. The number of nitrogens with one attached hydrogen (secondary N) is 2. The number of aryl methyl sites for hydroxylation is 2. The fourth-order valence-corrected chi connectivity index (χ4v) is 2.21. The van der Waals surface area contributed by atoms with Crippen molar-refractivity contribution in [1.82, 2.24) is 9.78 Å².